The molecule has 2 aliphatic rings. The highest BCUT2D eigenvalue weighted by Gasteiger charge is 2.42. The Balaban J connectivity index is 0.000000470. The molecule has 0 aromatic heterocycles. The minimum absolute atomic E-state index is 0.00628. The molecule has 5 rings (SSSR count). The number of likely N-dealkylation sites (N-methyl/N-ethyl adjacent to an activating group) is 1. The number of carboxylic acids is 1. The van der Waals surface area contributed by atoms with Crippen LogP contribution in [0.15, 0.2) is 71.6 Å². The number of para-hydroxylation sites is 1. The lowest BCUT2D eigenvalue weighted by Gasteiger charge is -2.36. The second kappa shape index (κ2) is 11.5. The van der Waals surface area contributed by atoms with E-state index in [2.05, 4.69) is 11.9 Å². The number of sulfonamides is 1. The summed E-state index contributed by atoms with van der Waals surface area (Å²) in [6.45, 7) is 2.06. The van der Waals surface area contributed by atoms with E-state index in [0.29, 0.717) is 5.69 Å². The van der Waals surface area contributed by atoms with Gasteiger partial charge in [-0.25, -0.2) is 13.2 Å². The van der Waals surface area contributed by atoms with Crippen LogP contribution in [0.25, 0.3) is 10.8 Å². The lowest BCUT2D eigenvalue weighted by molar-refractivity contribution is -0.192. The van der Waals surface area contributed by atoms with Crippen LogP contribution in [-0.2, 0) is 19.6 Å². The van der Waals surface area contributed by atoms with Crippen LogP contribution < -0.4 is 4.31 Å². The smallest absolute Gasteiger partial charge is 0.475 e. The van der Waals surface area contributed by atoms with Gasteiger partial charge in [0.25, 0.3) is 10.0 Å². The summed E-state index contributed by atoms with van der Waals surface area (Å²) in [7, 11) is 0.149. The molecule has 1 unspecified atom stereocenters. The molecule has 2 heterocycles. The van der Waals surface area contributed by atoms with Crippen LogP contribution in [0, 0.1) is 0 Å². The van der Waals surface area contributed by atoms with Crippen LogP contribution in [0.5, 0.6) is 0 Å². The summed E-state index contributed by atoms with van der Waals surface area (Å²) < 4.78 is 60.6. The van der Waals surface area contributed by atoms with E-state index in [1.165, 1.54) is 4.31 Å². The second-order valence-electron chi connectivity index (χ2n) is 9.94. The standard InChI is InChI=1S/C26H29N3O3S.C2HF3O2/c1-27-15-13-21(14-16-27)28(2)26(30)24-18-29(25-10-6-5-9-23(24)25)33(31,32)22-12-11-19-7-3-4-8-20(19)17-22;3-2(4,5)1(6)7/h3-12,17,21,24H,13-16,18H2,1-2H3;(H,6,7). The zero-order valence-electron chi connectivity index (χ0n) is 22.0. The number of amides is 1. The van der Waals surface area contributed by atoms with Gasteiger partial charge in [-0.1, -0.05) is 48.5 Å². The van der Waals surface area contributed by atoms with Gasteiger partial charge in [-0.05, 0) is 67.5 Å². The van der Waals surface area contributed by atoms with Gasteiger partial charge < -0.3 is 14.9 Å². The van der Waals surface area contributed by atoms with Gasteiger partial charge in [-0.2, -0.15) is 13.2 Å². The molecule has 3 aromatic rings. The van der Waals surface area contributed by atoms with Crippen molar-refractivity contribution in [2.45, 2.75) is 35.9 Å². The number of carbonyl (C=O) groups is 2. The number of likely N-dealkylation sites (tertiary alicyclic amines) is 1. The summed E-state index contributed by atoms with van der Waals surface area (Å²) in [5.74, 6) is -3.26. The van der Waals surface area contributed by atoms with E-state index in [9.17, 15) is 26.4 Å². The third-order valence-electron chi connectivity index (χ3n) is 7.36. The van der Waals surface area contributed by atoms with E-state index in [-0.39, 0.29) is 23.4 Å². The summed E-state index contributed by atoms with van der Waals surface area (Å²) in [5.41, 5.74) is 1.38. The predicted octanol–water partition coefficient (Wildman–Crippen LogP) is 4.32. The molecule has 0 spiro atoms. The Bertz CT molecular complexity index is 1500. The molecule has 1 fully saturated rings. The van der Waals surface area contributed by atoms with Gasteiger partial charge in [0.05, 0.1) is 23.0 Å². The van der Waals surface area contributed by atoms with Gasteiger partial charge in [-0.3, -0.25) is 9.10 Å². The number of halogens is 3. The third kappa shape index (κ3) is 6.07. The van der Waals surface area contributed by atoms with Crippen molar-refractivity contribution in [1.29, 1.82) is 0 Å². The van der Waals surface area contributed by atoms with Gasteiger partial charge in [0.2, 0.25) is 5.91 Å². The van der Waals surface area contributed by atoms with Crippen LogP contribution in [0.1, 0.15) is 24.3 Å². The highest BCUT2D eigenvalue weighted by Crippen LogP contribution is 2.41. The number of piperidine rings is 1. The maximum atomic E-state index is 13.7. The third-order valence-corrected chi connectivity index (χ3v) is 9.14. The molecular weight excluding hydrogens is 547 g/mol. The topological polar surface area (TPSA) is 98.2 Å². The average Bonchev–Trinajstić information content (AvgIpc) is 3.33. The number of carbonyl (C=O) groups excluding carboxylic acids is 1. The molecule has 3 aromatic carbocycles. The molecule has 12 heteroatoms. The molecule has 1 saturated heterocycles. The number of hydrogen-bond acceptors (Lipinski definition) is 5. The predicted molar refractivity (Wildman–Crippen MR) is 145 cm³/mol. The van der Waals surface area contributed by atoms with Crippen LogP contribution in [0.3, 0.4) is 0 Å². The van der Waals surface area contributed by atoms with Crippen molar-refractivity contribution in [2.24, 2.45) is 0 Å². The molecule has 0 bridgehead atoms. The molecular formula is C28H30F3N3O5S. The fraction of sp³-hybridized carbons (Fsp3) is 0.357. The lowest BCUT2D eigenvalue weighted by Crippen LogP contribution is -2.46. The molecule has 1 atom stereocenters. The van der Waals surface area contributed by atoms with E-state index < -0.39 is 28.1 Å². The Morgan fingerprint density at radius 3 is 2.15 bits per heavy atom. The summed E-state index contributed by atoms with van der Waals surface area (Å²) in [4.78, 5) is 26.8. The second-order valence-corrected chi connectivity index (χ2v) is 11.8. The Hall–Kier alpha value is -3.64. The van der Waals surface area contributed by atoms with Gasteiger partial charge >= 0.3 is 12.1 Å². The number of nitrogens with zero attached hydrogens (tertiary/aromatic N) is 3. The number of alkyl halides is 3. The fourth-order valence-electron chi connectivity index (χ4n) is 5.07. The average molecular weight is 578 g/mol. The number of carboxylic acid groups (broad SMARTS) is 1. The van der Waals surface area contributed by atoms with Crippen molar-refractivity contribution in [3.63, 3.8) is 0 Å². The molecule has 40 heavy (non-hydrogen) atoms. The minimum Gasteiger partial charge on any atom is -0.475 e. The summed E-state index contributed by atoms with van der Waals surface area (Å²) in [5, 5.41) is 8.99. The largest absolute Gasteiger partial charge is 0.490 e. The first-order valence-electron chi connectivity index (χ1n) is 12.7. The Labute approximate surface area is 230 Å². The van der Waals surface area contributed by atoms with Gasteiger partial charge in [0.1, 0.15) is 0 Å². The van der Waals surface area contributed by atoms with Crippen LogP contribution in [-0.4, -0.2) is 81.1 Å². The van der Waals surface area contributed by atoms with Crippen molar-refractivity contribution in [2.75, 3.05) is 38.0 Å². The first-order valence-corrected chi connectivity index (χ1v) is 14.1. The zero-order chi connectivity index (χ0) is 29.2. The van der Waals surface area contributed by atoms with Gasteiger partial charge in [0.15, 0.2) is 0 Å². The van der Waals surface area contributed by atoms with Crippen molar-refractivity contribution >= 4 is 38.4 Å². The quantitative estimate of drug-likeness (QED) is 0.496. The first-order chi connectivity index (χ1) is 18.8. The normalized spacial score (nSPS) is 18.1. The zero-order valence-corrected chi connectivity index (χ0v) is 22.8. The molecule has 1 amide bonds. The first kappa shape index (κ1) is 29.3. The van der Waals surface area contributed by atoms with Crippen molar-refractivity contribution in [1.82, 2.24) is 9.80 Å². The van der Waals surface area contributed by atoms with E-state index in [4.69, 9.17) is 9.90 Å². The van der Waals surface area contributed by atoms with Crippen molar-refractivity contribution < 1.29 is 36.3 Å². The number of anilines is 1. The van der Waals surface area contributed by atoms with Gasteiger partial charge in [0, 0.05) is 13.1 Å². The highest BCUT2D eigenvalue weighted by molar-refractivity contribution is 7.92. The molecule has 214 valence electrons. The molecule has 0 aliphatic carbocycles. The maximum Gasteiger partial charge on any atom is 0.490 e. The number of hydrogen-bond donors (Lipinski definition) is 1. The number of aliphatic carboxylic acids is 1. The van der Waals surface area contributed by atoms with Crippen LogP contribution in [0.4, 0.5) is 18.9 Å². The summed E-state index contributed by atoms with van der Waals surface area (Å²) >= 11 is 0. The summed E-state index contributed by atoms with van der Waals surface area (Å²) in [6.07, 6.45) is -3.21. The monoisotopic (exact) mass is 577 g/mol. The number of benzene rings is 3. The van der Waals surface area contributed by atoms with E-state index in [1.807, 2.05) is 60.5 Å². The van der Waals surface area contributed by atoms with E-state index in [1.54, 1.807) is 18.2 Å². The number of fused-ring (bicyclic) bond motifs is 2. The van der Waals surface area contributed by atoms with Crippen LogP contribution >= 0.6 is 0 Å². The maximum absolute atomic E-state index is 13.7. The number of rotatable bonds is 4. The minimum atomic E-state index is -5.08. The SMILES string of the molecule is CN1CCC(N(C)C(=O)C2CN(S(=O)(=O)c3ccc4ccccc4c3)c3ccccc32)CC1.O=C(O)C(F)(F)F. The Kier molecular flexibility index (Phi) is 8.41. The molecule has 0 radical (unpaired) electrons. The lowest BCUT2D eigenvalue weighted by atomic mass is 9.97. The highest BCUT2D eigenvalue weighted by atomic mass is 32.2. The van der Waals surface area contributed by atoms with Gasteiger partial charge in [-0.15, -0.1) is 0 Å². The van der Waals surface area contributed by atoms with E-state index >= 15 is 0 Å². The molecule has 8 nitrogen and oxygen atoms in total. The van der Waals surface area contributed by atoms with Crippen LogP contribution in [0.2, 0.25) is 0 Å². The van der Waals surface area contributed by atoms with Crippen molar-refractivity contribution in [3.8, 4) is 0 Å². The summed E-state index contributed by atoms with van der Waals surface area (Å²) in [6, 6.07) is 20.5. The van der Waals surface area contributed by atoms with E-state index in [0.717, 1.165) is 42.3 Å². The Morgan fingerprint density at radius 1 is 0.950 bits per heavy atom. The Morgan fingerprint density at radius 2 is 1.52 bits per heavy atom. The fourth-order valence-corrected chi connectivity index (χ4v) is 6.61. The molecule has 0 saturated carbocycles. The molecule has 1 N–H and O–H groups in total. The van der Waals surface area contributed by atoms with Crippen molar-refractivity contribution in [3.05, 3.63) is 72.3 Å². The molecule has 2 aliphatic heterocycles.